The summed E-state index contributed by atoms with van der Waals surface area (Å²) in [5.41, 5.74) is 3.54. The summed E-state index contributed by atoms with van der Waals surface area (Å²) in [5, 5.41) is 36.1. The molecule has 0 amide bonds. The van der Waals surface area contributed by atoms with Crippen molar-refractivity contribution in [2.24, 2.45) is 0 Å². The van der Waals surface area contributed by atoms with E-state index in [0.717, 1.165) is 66.9 Å². The van der Waals surface area contributed by atoms with E-state index in [0.29, 0.717) is 53.1 Å². The highest BCUT2D eigenvalue weighted by Crippen LogP contribution is 2.42. The zero-order valence-electron chi connectivity index (χ0n) is 35.3. The van der Waals surface area contributed by atoms with Crippen LogP contribution in [-0.2, 0) is 6.67 Å². The molecular weight excluding hydrogens is 789 g/mol. The van der Waals surface area contributed by atoms with Gasteiger partial charge in [0.15, 0.2) is 23.9 Å². The molecule has 4 heterocycles. The fraction of sp³-hybridized carbons (Fsp3) is 0.364. The summed E-state index contributed by atoms with van der Waals surface area (Å²) in [6, 6.07) is 20.2. The van der Waals surface area contributed by atoms with E-state index in [2.05, 4.69) is 76.8 Å². The first-order valence-electron chi connectivity index (χ1n) is 20.4. The number of anilines is 4. The highest BCUT2D eigenvalue weighted by molar-refractivity contribution is 5.77. The van der Waals surface area contributed by atoms with Crippen LogP contribution in [0.5, 0.6) is 23.0 Å². The van der Waals surface area contributed by atoms with Crippen molar-refractivity contribution in [3.05, 3.63) is 84.7 Å². The largest absolute Gasteiger partial charge is 0.496 e. The monoisotopic (exact) mass is 837 g/mol. The van der Waals surface area contributed by atoms with Crippen LogP contribution in [0.2, 0.25) is 0 Å². The number of nitrogens with one attached hydrogen (secondary N) is 4. The number of aromatic nitrogens is 8. The van der Waals surface area contributed by atoms with Crippen molar-refractivity contribution in [1.29, 1.82) is 10.5 Å². The van der Waals surface area contributed by atoms with Gasteiger partial charge in [-0.3, -0.25) is 10.00 Å². The Balaban J connectivity index is 1.01. The van der Waals surface area contributed by atoms with Gasteiger partial charge in [0.1, 0.15) is 53.2 Å². The molecular formula is C44H49N14O4+. The predicted molar refractivity (Wildman–Crippen MR) is 229 cm³/mol. The molecule has 18 nitrogen and oxygen atoms in total. The van der Waals surface area contributed by atoms with E-state index in [1.807, 2.05) is 65.4 Å². The number of benzene rings is 2. The van der Waals surface area contributed by atoms with Gasteiger partial charge in [0.05, 0.1) is 67.6 Å². The zero-order valence-corrected chi connectivity index (χ0v) is 35.3. The Hall–Kier alpha value is -7.28. The second-order valence-electron chi connectivity index (χ2n) is 15.6. The molecule has 0 radical (unpaired) electrons. The van der Waals surface area contributed by atoms with Gasteiger partial charge in [0.25, 0.3) is 0 Å². The standard InChI is InChI=1S/C44H48N14O4/c1-56(2)29-12-14-31(16-29)61-38-11-7-9-36(60-5)44(38)34-19-42(52-41-25-48-28(21-46)23-50-41)58(55-34)26-57(3)30-13-15-32(17-30)62-37-10-6-8-35(59-4)43(37)33-18-39(54-53-33)51-40-24-47-27(20-45)22-49-40/h6-11,18-19,22-25,29-32H,12-17,26H2,1-5H3,(H3,47,48,49,50,51,52,53,54,55)/p+1/t29-,30+,31-,32-/m1/s1. The lowest BCUT2D eigenvalue weighted by Gasteiger charge is -2.23. The zero-order chi connectivity index (χ0) is 43.2. The van der Waals surface area contributed by atoms with Gasteiger partial charge in [-0.15, -0.1) is 4.68 Å². The third-order valence-corrected chi connectivity index (χ3v) is 11.4. The summed E-state index contributed by atoms with van der Waals surface area (Å²) >= 11 is 0. The Morgan fingerprint density at radius 3 is 1.81 bits per heavy atom. The van der Waals surface area contributed by atoms with E-state index in [9.17, 15) is 5.26 Å². The van der Waals surface area contributed by atoms with E-state index in [-0.39, 0.29) is 29.6 Å². The van der Waals surface area contributed by atoms with Gasteiger partial charge in [-0.2, -0.15) is 15.6 Å². The molecule has 2 aliphatic rings. The van der Waals surface area contributed by atoms with Crippen LogP contribution in [0.4, 0.5) is 23.3 Å². The van der Waals surface area contributed by atoms with Crippen LogP contribution >= 0.6 is 0 Å². The Kier molecular flexibility index (Phi) is 12.4. The van der Waals surface area contributed by atoms with E-state index in [1.54, 1.807) is 20.4 Å². The second kappa shape index (κ2) is 18.5. The summed E-state index contributed by atoms with van der Waals surface area (Å²) < 4.78 is 27.2. The van der Waals surface area contributed by atoms with Crippen LogP contribution < -0.4 is 34.3 Å². The number of aromatic amines is 2. The minimum absolute atomic E-state index is 0.0607. The molecule has 2 saturated carbocycles. The normalized spacial score (nSPS) is 18.3. The first-order chi connectivity index (χ1) is 30.2. The topological polar surface area (TPSA) is 215 Å². The van der Waals surface area contributed by atoms with Gasteiger partial charge in [-0.25, -0.2) is 30.4 Å². The Labute approximate surface area is 359 Å². The average Bonchev–Trinajstić information content (AvgIpc) is 4.13. The smallest absolute Gasteiger partial charge is 0.303 e. The molecule has 0 bridgehead atoms. The fourth-order valence-corrected chi connectivity index (χ4v) is 8.18. The molecule has 2 aromatic carbocycles. The van der Waals surface area contributed by atoms with Crippen molar-refractivity contribution in [1.82, 2.24) is 45.0 Å². The van der Waals surface area contributed by atoms with Crippen LogP contribution in [0, 0.1) is 22.7 Å². The maximum atomic E-state index is 9.32. The van der Waals surface area contributed by atoms with Crippen molar-refractivity contribution in [2.75, 3.05) is 46.0 Å². The summed E-state index contributed by atoms with van der Waals surface area (Å²) in [7, 11) is 9.65. The molecule has 0 saturated heterocycles. The number of methoxy groups -OCH3 is 2. The molecule has 2 aliphatic carbocycles. The molecule has 4 aromatic heterocycles. The number of nitriles is 2. The summed E-state index contributed by atoms with van der Waals surface area (Å²) in [4.78, 5) is 21.6. The van der Waals surface area contributed by atoms with Crippen LogP contribution in [0.3, 0.4) is 0 Å². The lowest BCUT2D eigenvalue weighted by atomic mass is 10.1. The van der Waals surface area contributed by atoms with Crippen molar-refractivity contribution < 1.29 is 23.6 Å². The van der Waals surface area contributed by atoms with Crippen molar-refractivity contribution in [3.8, 4) is 57.7 Å². The molecule has 0 spiro atoms. The number of H-pyrrole nitrogens is 2. The molecule has 4 N–H and O–H groups in total. The predicted octanol–water partition coefficient (Wildman–Crippen LogP) is 5.94. The lowest BCUT2D eigenvalue weighted by molar-refractivity contribution is -0.753. The van der Waals surface area contributed by atoms with Crippen LogP contribution in [-0.4, -0.2) is 105 Å². The maximum absolute atomic E-state index is 9.32. The van der Waals surface area contributed by atoms with Gasteiger partial charge in [0.2, 0.25) is 5.82 Å². The molecule has 2 fully saturated rings. The Bertz CT molecular complexity index is 2560. The molecule has 18 heteroatoms. The number of hydrogen-bond acceptors (Lipinski definition) is 15. The van der Waals surface area contributed by atoms with Gasteiger partial charge in [-0.1, -0.05) is 12.1 Å². The van der Waals surface area contributed by atoms with Gasteiger partial charge in [0, 0.05) is 18.2 Å². The third-order valence-electron chi connectivity index (χ3n) is 11.4. The average molecular weight is 838 g/mol. The molecule has 0 aliphatic heterocycles. The van der Waals surface area contributed by atoms with Crippen LogP contribution in [0.25, 0.3) is 22.5 Å². The summed E-state index contributed by atoms with van der Waals surface area (Å²) in [5.74, 6) is 4.95. The van der Waals surface area contributed by atoms with Crippen molar-refractivity contribution in [2.45, 2.75) is 69.5 Å². The minimum atomic E-state index is -0.0607. The Morgan fingerprint density at radius 1 is 0.694 bits per heavy atom. The highest BCUT2D eigenvalue weighted by atomic mass is 16.5. The molecule has 6 aromatic rings. The first-order valence-corrected chi connectivity index (χ1v) is 20.4. The number of ether oxygens (including phenoxy) is 4. The SMILES string of the molecule is COc1cccc(O[C@@H]2CC[C@H](N(C)C[n+]3[nH]c(-c4c(OC)cccc4O[C@@H]4CC[C@@H](N(C)C)C4)cc3Nc3cnc(C#N)cn3)C2)c1-c1cc(Nc2cnc(C#N)cn2)n[nH]1. The van der Waals surface area contributed by atoms with E-state index in [1.165, 1.54) is 18.6 Å². The van der Waals surface area contributed by atoms with Crippen LogP contribution in [0.15, 0.2) is 73.3 Å². The fourth-order valence-electron chi connectivity index (χ4n) is 8.18. The second-order valence-corrected chi connectivity index (χ2v) is 15.6. The molecule has 0 unspecified atom stereocenters. The molecule has 8 rings (SSSR count). The van der Waals surface area contributed by atoms with E-state index < -0.39 is 0 Å². The summed E-state index contributed by atoms with van der Waals surface area (Å²) in [6.45, 7) is 0.500. The summed E-state index contributed by atoms with van der Waals surface area (Å²) in [6.07, 6.45) is 11.5. The van der Waals surface area contributed by atoms with Crippen molar-refractivity contribution >= 4 is 23.3 Å². The van der Waals surface area contributed by atoms with Crippen LogP contribution in [0.1, 0.15) is 49.9 Å². The number of nitrogens with zero attached hydrogens (tertiary/aromatic N) is 10. The number of rotatable bonds is 16. The Morgan fingerprint density at radius 2 is 1.26 bits per heavy atom. The number of hydrogen-bond donors (Lipinski definition) is 4. The molecule has 4 atom stereocenters. The minimum Gasteiger partial charge on any atom is -0.496 e. The highest BCUT2D eigenvalue weighted by Gasteiger charge is 2.33. The lowest BCUT2D eigenvalue weighted by Crippen LogP contribution is -2.48. The van der Waals surface area contributed by atoms with E-state index in [4.69, 9.17) is 24.2 Å². The van der Waals surface area contributed by atoms with Crippen molar-refractivity contribution in [3.63, 3.8) is 0 Å². The molecule has 318 valence electrons. The molecule has 62 heavy (non-hydrogen) atoms. The van der Waals surface area contributed by atoms with Gasteiger partial charge in [-0.05, 0) is 83.9 Å². The quantitative estimate of drug-likeness (QED) is 0.0831. The van der Waals surface area contributed by atoms with Gasteiger partial charge < -0.3 is 29.2 Å². The van der Waals surface area contributed by atoms with Gasteiger partial charge >= 0.3 is 5.82 Å². The third kappa shape index (κ3) is 9.21. The van der Waals surface area contributed by atoms with E-state index >= 15 is 0 Å². The maximum Gasteiger partial charge on any atom is 0.303 e. The first kappa shape index (κ1) is 41.5.